The van der Waals surface area contributed by atoms with Crippen molar-refractivity contribution in [1.82, 2.24) is 5.32 Å². The van der Waals surface area contributed by atoms with Crippen LogP contribution < -0.4 is 11.1 Å². The molecule has 3 N–H and O–H groups in total. The molecule has 0 bridgehead atoms. The monoisotopic (exact) mass is 242 g/mol. The predicted octanol–water partition coefficient (Wildman–Crippen LogP) is 1.04. The van der Waals surface area contributed by atoms with Gasteiger partial charge in [0.15, 0.2) is 0 Å². The van der Waals surface area contributed by atoms with Crippen molar-refractivity contribution in [3.8, 4) is 12.3 Å². The van der Waals surface area contributed by atoms with E-state index in [2.05, 4.69) is 11.2 Å². The first kappa shape index (κ1) is 12.7. The van der Waals surface area contributed by atoms with Gasteiger partial charge in [0.1, 0.15) is 0 Å². The molecule has 1 unspecified atom stereocenters. The Morgan fingerprint density at radius 1 is 1.61 bits per heavy atom. The van der Waals surface area contributed by atoms with Gasteiger partial charge in [-0.05, 0) is 18.9 Å². The Morgan fingerprint density at radius 2 is 2.28 bits per heavy atom. The summed E-state index contributed by atoms with van der Waals surface area (Å²) in [5.74, 6) is 2.62. The SMILES string of the molecule is C#CC(N)[C@@H]1C[C@@]1(C(=O)NCC)c1ccccc1. The van der Waals surface area contributed by atoms with Crippen molar-refractivity contribution in [2.75, 3.05) is 6.54 Å². The molecule has 1 aromatic rings. The first-order valence-corrected chi connectivity index (χ1v) is 6.22. The summed E-state index contributed by atoms with van der Waals surface area (Å²) >= 11 is 0. The molecule has 1 saturated carbocycles. The highest BCUT2D eigenvalue weighted by Gasteiger charge is 2.62. The number of carbonyl (C=O) groups excluding carboxylic acids is 1. The highest BCUT2D eigenvalue weighted by molar-refractivity contribution is 5.92. The number of amides is 1. The summed E-state index contributed by atoms with van der Waals surface area (Å²) in [5, 5.41) is 2.89. The van der Waals surface area contributed by atoms with Crippen LogP contribution in [0.25, 0.3) is 0 Å². The summed E-state index contributed by atoms with van der Waals surface area (Å²) in [6, 6.07) is 9.39. The molecule has 0 radical (unpaired) electrons. The highest BCUT2D eigenvalue weighted by Crippen LogP contribution is 2.55. The molecule has 3 atom stereocenters. The van der Waals surface area contributed by atoms with Gasteiger partial charge < -0.3 is 11.1 Å². The first-order chi connectivity index (χ1) is 8.66. The van der Waals surface area contributed by atoms with Gasteiger partial charge in [-0.15, -0.1) is 6.42 Å². The molecule has 1 fully saturated rings. The molecular weight excluding hydrogens is 224 g/mol. The Labute approximate surface area is 108 Å². The maximum absolute atomic E-state index is 12.3. The average Bonchev–Trinajstić information content (AvgIpc) is 3.16. The topological polar surface area (TPSA) is 55.1 Å². The van der Waals surface area contributed by atoms with Crippen molar-refractivity contribution in [3.05, 3.63) is 35.9 Å². The van der Waals surface area contributed by atoms with Crippen LogP contribution in [-0.4, -0.2) is 18.5 Å². The van der Waals surface area contributed by atoms with E-state index in [1.54, 1.807) is 0 Å². The molecule has 94 valence electrons. The van der Waals surface area contributed by atoms with Gasteiger partial charge in [-0.25, -0.2) is 0 Å². The molecule has 0 aromatic heterocycles. The zero-order chi connectivity index (χ0) is 13.2. The van der Waals surface area contributed by atoms with Gasteiger partial charge in [0.2, 0.25) is 5.91 Å². The molecular formula is C15H18N2O. The number of likely N-dealkylation sites (N-methyl/N-ethyl adjacent to an activating group) is 1. The highest BCUT2D eigenvalue weighted by atomic mass is 16.2. The summed E-state index contributed by atoms with van der Waals surface area (Å²) in [4.78, 5) is 12.3. The van der Waals surface area contributed by atoms with Crippen LogP contribution in [0.4, 0.5) is 0 Å². The van der Waals surface area contributed by atoms with Crippen LogP contribution in [0.15, 0.2) is 30.3 Å². The van der Waals surface area contributed by atoms with Crippen LogP contribution in [0.3, 0.4) is 0 Å². The number of benzene rings is 1. The number of nitrogens with two attached hydrogens (primary N) is 1. The minimum atomic E-state index is -0.525. The summed E-state index contributed by atoms with van der Waals surface area (Å²) in [5.41, 5.74) is 6.39. The summed E-state index contributed by atoms with van der Waals surface area (Å²) in [6.07, 6.45) is 6.11. The Morgan fingerprint density at radius 3 is 2.83 bits per heavy atom. The number of rotatable bonds is 4. The van der Waals surface area contributed by atoms with E-state index in [4.69, 9.17) is 12.2 Å². The second kappa shape index (κ2) is 4.83. The summed E-state index contributed by atoms with van der Waals surface area (Å²) in [7, 11) is 0. The van der Waals surface area contributed by atoms with Gasteiger partial charge in [0, 0.05) is 12.5 Å². The standard InChI is InChI=1S/C15H18N2O/c1-3-13(16)12-10-15(12,14(18)17-4-2)11-8-6-5-7-9-11/h1,5-9,12-13H,4,10,16H2,2H3,(H,17,18)/t12-,13?,15+/m0/s1. The Kier molecular flexibility index (Phi) is 3.40. The Hall–Kier alpha value is -1.79. The third kappa shape index (κ3) is 1.89. The largest absolute Gasteiger partial charge is 0.356 e. The molecule has 1 aliphatic carbocycles. The van der Waals surface area contributed by atoms with E-state index in [9.17, 15) is 4.79 Å². The van der Waals surface area contributed by atoms with Crippen molar-refractivity contribution in [2.45, 2.75) is 24.8 Å². The predicted molar refractivity (Wildman–Crippen MR) is 71.7 cm³/mol. The number of nitrogens with one attached hydrogen (secondary N) is 1. The molecule has 0 heterocycles. The first-order valence-electron chi connectivity index (χ1n) is 6.22. The second-order valence-electron chi connectivity index (χ2n) is 4.70. The molecule has 0 aliphatic heterocycles. The fourth-order valence-electron chi connectivity index (χ4n) is 2.62. The van der Waals surface area contributed by atoms with E-state index in [1.807, 2.05) is 37.3 Å². The number of terminal acetylenes is 1. The lowest BCUT2D eigenvalue weighted by molar-refractivity contribution is -0.123. The fourth-order valence-corrected chi connectivity index (χ4v) is 2.62. The second-order valence-corrected chi connectivity index (χ2v) is 4.70. The lowest BCUT2D eigenvalue weighted by atomic mass is 9.90. The molecule has 1 aromatic carbocycles. The van der Waals surface area contributed by atoms with Gasteiger partial charge in [-0.1, -0.05) is 36.3 Å². The van der Waals surface area contributed by atoms with Crippen LogP contribution in [0, 0.1) is 18.3 Å². The molecule has 0 saturated heterocycles. The van der Waals surface area contributed by atoms with E-state index in [0.717, 1.165) is 12.0 Å². The van der Waals surface area contributed by atoms with Crippen LogP contribution in [0.1, 0.15) is 18.9 Å². The average molecular weight is 242 g/mol. The number of hydrogen-bond acceptors (Lipinski definition) is 2. The van der Waals surface area contributed by atoms with Crippen LogP contribution in [-0.2, 0) is 10.2 Å². The molecule has 2 rings (SSSR count). The third-order valence-corrected chi connectivity index (χ3v) is 3.67. The number of hydrogen-bond donors (Lipinski definition) is 2. The number of carbonyl (C=O) groups is 1. The van der Waals surface area contributed by atoms with Crippen molar-refractivity contribution in [2.24, 2.45) is 11.7 Å². The summed E-state index contributed by atoms with van der Waals surface area (Å²) < 4.78 is 0. The van der Waals surface area contributed by atoms with E-state index in [0.29, 0.717) is 6.54 Å². The van der Waals surface area contributed by atoms with Gasteiger partial charge in [0.25, 0.3) is 0 Å². The molecule has 3 heteroatoms. The van der Waals surface area contributed by atoms with Crippen molar-refractivity contribution in [1.29, 1.82) is 0 Å². The van der Waals surface area contributed by atoms with Gasteiger partial charge >= 0.3 is 0 Å². The van der Waals surface area contributed by atoms with E-state index in [1.165, 1.54) is 0 Å². The van der Waals surface area contributed by atoms with Crippen molar-refractivity contribution >= 4 is 5.91 Å². The zero-order valence-corrected chi connectivity index (χ0v) is 10.5. The fraction of sp³-hybridized carbons (Fsp3) is 0.400. The smallest absolute Gasteiger partial charge is 0.231 e. The van der Waals surface area contributed by atoms with Crippen LogP contribution >= 0.6 is 0 Å². The zero-order valence-electron chi connectivity index (χ0n) is 10.5. The van der Waals surface area contributed by atoms with Gasteiger partial charge in [0.05, 0.1) is 11.5 Å². The minimum absolute atomic E-state index is 0.0342. The molecule has 1 aliphatic rings. The third-order valence-electron chi connectivity index (χ3n) is 3.67. The molecule has 0 spiro atoms. The maximum atomic E-state index is 12.3. The Balaban J connectivity index is 2.33. The summed E-state index contributed by atoms with van der Waals surface area (Å²) in [6.45, 7) is 2.53. The maximum Gasteiger partial charge on any atom is 0.231 e. The molecule has 3 nitrogen and oxygen atoms in total. The Bertz CT molecular complexity index is 477. The van der Waals surface area contributed by atoms with Crippen molar-refractivity contribution < 1.29 is 4.79 Å². The van der Waals surface area contributed by atoms with Crippen LogP contribution in [0.5, 0.6) is 0 Å². The minimum Gasteiger partial charge on any atom is -0.356 e. The quantitative estimate of drug-likeness (QED) is 0.775. The van der Waals surface area contributed by atoms with E-state index >= 15 is 0 Å². The lowest BCUT2D eigenvalue weighted by Crippen LogP contribution is -2.39. The van der Waals surface area contributed by atoms with Crippen LogP contribution in [0.2, 0.25) is 0 Å². The van der Waals surface area contributed by atoms with E-state index < -0.39 is 5.41 Å². The van der Waals surface area contributed by atoms with E-state index in [-0.39, 0.29) is 17.9 Å². The molecule has 1 amide bonds. The molecule has 18 heavy (non-hydrogen) atoms. The van der Waals surface area contributed by atoms with Gasteiger partial charge in [-0.2, -0.15) is 0 Å². The normalized spacial score (nSPS) is 27.1. The van der Waals surface area contributed by atoms with Gasteiger partial charge in [-0.3, -0.25) is 4.79 Å². The lowest BCUT2D eigenvalue weighted by Gasteiger charge is -2.18. The van der Waals surface area contributed by atoms with Crippen molar-refractivity contribution in [3.63, 3.8) is 0 Å².